The van der Waals surface area contributed by atoms with Crippen molar-refractivity contribution in [1.82, 2.24) is 14.6 Å². The Kier molecular flexibility index (Phi) is 8.29. The van der Waals surface area contributed by atoms with E-state index in [0.29, 0.717) is 44.2 Å². The van der Waals surface area contributed by atoms with E-state index < -0.39 is 33.0 Å². The summed E-state index contributed by atoms with van der Waals surface area (Å²) in [6, 6.07) is 12.9. The van der Waals surface area contributed by atoms with E-state index in [0.717, 1.165) is 29.0 Å². The number of nitrogens with zero attached hydrogens (tertiary/aromatic N) is 2. The molecule has 1 fully saturated rings. The highest BCUT2D eigenvalue weighted by atomic mass is 32.2. The fourth-order valence-corrected chi connectivity index (χ4v) is 6.33. The molecule has 1 saturated heterocycles. The number of hydrogen-bond donors (Lipinski definition) is 3. The number of thiazole rings is 1. The number of nitrogens with two attached hydrogens (primary N) is 1. The van der Waals surface area contributed by atoms with E-state index in [2.05, 4.69) is 15.6 Å². The molecule has 36 heavy (non-hydrogen) atoms. The molecule has 0 atom stereocenters. The number of ketones is 1. The van der Waals surface area contributed by atoms with Gasteiger partial charge in [0.2, 0.25) is 15.8 Å². The molecule has 1 aliphatic heterocycles. The standard InChI is InChI=1S/C24H27F2N5O3S2/c25-18-7-4-8-19(26)20(18)21(32)22-23(27)30-24(35-22)29-17-9-12-31(13-10-17)36(33,34)14-11-28-15-16-5-2-1-3-6-16/h1-8,17,28H,9-15,27H2,(H,29,30). The number of piperidine rings is 1. The molecular formula is C24H27F2N5O3S2. The Morgan fingerprint density at radius 2 is 1.75 bits per heavy atom. The van der Waals surface area contributed by atoms with Crippen LogP contribution in [0.4, 0.5) is 19.7 Å². The van der Waals surface area contributed by atoms with Crippen LogP contribution in [0.1, 0.15) is 33.6 Å². The Bertz CT molecular complexity index is 1290. The summed E-state index contributed by atoms with van der Waals surface area (Å²) < 4.78 is 54.9. The van der Waals surface area contributed by atoms with Gasteiger partial charge in [-0.1, -0.05) is 47.7 Å². The van der Waals surface area contributed by atoms with Crippen LogP contribution in [-0.4, -0.2) is 54.9 Å². The van der Waals surface area contributed by atoms with Gasteiger partial charge in [-0.3, -0.25) is 4.79 Å². The van der Waals surface area contributed by atoms with E-state index in [9.17, 15) is 22.0 Å². The molecule has 2 heterocycles. The molecule has 2 aromatic carbocycles. The molecule has 4 N–H and O–H groups in total. The molecular weight excluding hydrogens is 508 g/mol. The maximum absolute atomic E-state index is 14.0. The van der Waals surface area contributed by atoms with Crippen LogP contribution in [0.5, 0.6) is 0 Å². The van der Waals surface area contributed by atoms with Crippen molar-refractivity contribution in [2.45, 2.75) is 25.4 Å². The van der Waals surface area contributed by atoms with Crippen molar-refractivity contribution >= 4 is 38.1 Å². The summed E-state index contributed by atoms with van der Waals surface area (Å²) in [5, 5.41) is 6.68. The molecule has 0 spiro atoms. The van der Waals surface area contributed by atoms with E-state index in [1.807, 2.05) is 30.3 Å². The van der Waals surface area contributed by atoms with E-state index >= 15 is 0 Å². The number of sulfonamides is 1. The summed E-state index contributed by atoms with van der Waals surface area (Å²) in [5.74, 6) is -2.90. The fourth-order valence-electron chi connectivity index (χ4n) is 4.00. The number of halogens is 2. The molecule has 0 bridgehead atoms. The lowest BCUT2D eigenvalue weighted by atomic mass is 10.1. The quantitative estimate of drug-likeness (QED) is 0.270. The number of carbonyl (C=O) groups is 1. The van der Waals surface area contributed by atoms with Gasteiger partial charge < -0.3 is 16.4 Å². The SMILES string of the molecule is Nc1nc(NC2CCN(S(=O)(=O)CCNCc3ccccc3)CC2)sc1C(=O)c1c(F)cccc1F. The summed E-state index contributed by atoms with van der Waals surface area (Å²) in [7, 11) is -3.39. The Hall–Kier alpha value is -2.93. The Morgan fingerprint density at radius 3 is 2.42 bits per heavy atom. The van der Waals surface area contributed by atoms with Gasteiger partial charge in [-0.05, 0) is 30.5 Å². The van der Waals surface area contributed by atoms with Crippen molar-refractivity contribution in [3.63, 3.8) is 0 Å². The zero-order valence-corrected chi connectivity index (χ0v) is 21.0. The third-order valence-corrected chi connectivity index (χ3v) is 8.81. The summed E-state index contributed by atoms with van der Waals surface area (Å²) >= 11 is 0.921. The number of nitrogen functional groups attached to an aromatic ring is 1. The smallest absolute Gasteiger partial charge is 0.215 e. The third-order valence-electron chi connectivity index (χ3n) is 5.93. The van der Waals surface area contributed by atoms with Crippen LogP contribution in [-0.2, 0) is 16.6 Å². The predicted molar refractivity (Wildman–Crippen MR) is 136 cm³/mol. The number of rotatable bonds is 10. The normalized spacial score (nSPS) is 15.2. The zero-order chi connectivity index (χ0) is 25.7. The van der Waals surface area contributed by atoms with Crippen LogP contribution in [0.25, 0.3) is 0 Å². The largest absolute Gasteiger partial charge is 0.382 e. The van der Waals surface area contributed by atoms with Crippen molar-refractivity contribution < 1.29 is 22.0 Å². The number of benzene rings is 2. The number of hydrogen-bond acceptors (Lipinski definition) is 8. The van der Waals surface area contributed by atoms with Gasteiger partial charge in [0.25, 0.3) is 0 Å². The lowest BCUT2D eigenvalue weighted by Gasteiger charge is -2.31. The molecule has 0 unspecified atom stereocenters. The first-order valence-corrected chi connectivity index (χ1v) is 13.9. The third kappa shape index (κ3) is 6.25. The highest BCUT2D eigenvalue weighted by Crippen LogP contribution is 2.30. The van der Waals surface area contributed by atoms with Crippen molar-refractivity contribution in [1.29, 1.82) is 0 Å². The summed E-state index contributed by atoms with van der Waals surface area (Å²) in [6.45, 7) is 1.66. The maximum Gasteiger partial charge on any atom is 0.215 e. The van der Waals surface area contributed by atoms with Gasteiger partial charge in [0.05, 0.1) is 11.3 Å². The van der Waals surface area contributed by atoms with E-state index in [4.69, 9.17) is 5.73 Å². The zero-order valence-electron chi connectivity index (χ0n) is 19.4. The van der Waals surface area contributed by atoms with Gasteiger partial charge in [-0.15, -0.1) is 0 Å². The van der Waals surface area contributed by atoms with Gasteiger partial charge in [-0.25, -0.2) is 26.5 Å². The maximum atomic E-state index is 14.0. The summed E-state index contributed by atoms with van der Waals surface area (Å²) in [6.07, 6.45) is 1.09. The second-order valence-corrected chi connectivity index (χ2v) is 11.5. The predicted octanol–water partition coefficient (Wildman–Crippen LogP) is 3.23. The van der Waals surface area contributed by atoms with Crippen molar-refractivity contribution in [2.75, 3.05) is 36.4 Å². The van der Waals surface area contributed by atoms with E-state index in [-0.39, 0.29) is 22.5 Å². The van der Waals surface area contributed by atoms with Crippen LogP contribution < -0.4 is 16.4 Å². The van der Waals surface area contributed by atoms with Gasteiger partial charge in [0.1, 0.15) is 22.3 Å². The summed E-state index contributed by atoms with van der Waals surface area (Å²) in [4.78, 5) is 16.7. The average molecular weight is 536 g/mol. The second kappa shape index (κ2) is 11.4. The highest BCUT2D eigenvalue weighted by molar-refractivity contribution is 7.89. The molecule has 4 rings (SSSR count). The molecule has 192 valence electrons. The van der Waals surface area contributed by atoms with E-state index in [1.165, 1.54) is 10.4 Å². The fraction of sp³-hybridized carbons (Fsp3) is 0.333. The first-order chi connectivity index (χ1) is 17.2. The molecule has 3 aromatic rings. The number of carbonyl (C=O) groups excluding carboxylic acids is 1. The van der Waals surface area contributed by atoms with Crippen LogP contribution in [0, 0.1) is 11.6 Å². The molecule has 0 aliphatic carbocycles. The minimum atomic E-state index is -3.39. The monoisotopic (exact) mass is 535 g/mol. The number of aromatic nitrogens is 1. The van der Waals surface area contributed by atoms with Gasteiger partial charge in [0, 0.05) is 32.2 Å². The van der Waals surface area contributed by atoms with Gasteiger partial charge in [0.15, 0.2) is 5.13 Å². The molecule has 0 radical (unpaired) electrons. The van der Waals surface area contributed by atoms with Crippen LogP contribution in [0.15, 0.2) is 48.5 Å². The summed E-state index contributed by atoms with van der Waals surface area (Å²) in [5.41, 5.74) is 6.28. The minimum Gasteiger partial charge on any atom is -0.382 e. The van der Waals surface area contributed by atoms with Gasteiger partial charge >= 0.3 is 0 Å². The first kappa shape index (κ1) is 26.1. The van der Waals surface area contributed by atoms with Crippen molar-refractivity contribution in [2.24, 2.45) is 0 Å². The van der Waals surface area contributed by atoms with Crippen LogP contribution in [0.2, 0.25) is 0 Å². The Labute approximate surface area is 212 Å². The molecule has 1 aliphatic rings. The molecule has 1 aromatic heterocycles. The second-order valence-electron chi connectivity index (χ2n) is 8.46. The van der Waals surface area contributed by atoms with Crippen molar-refractivity contribution in [3.8, 4) is 0 Å². The number of anilines is 2. The van der Waals surface area contributed by atoms with Crippen LogP contribution >= 0.6 is 11.3 Å². The lowest BCUT2D eigenvalue weighted by Crippen LogP contribution is -2.44. The van der Waals surface area contributed by atoms with Crippen molar-refractivity contribution in [3.05, 3.63) is 76.2 Å². The molecule has 8 nitrogen and oxygen atoms in total. The minimum absolute atomic E-state index is 0.0129. The van der Waals surface area contributed by atoms with Crippen LogP contribution in [0.3, 0.4) is 0 Å². The molecule has 12 heteroatoms. The Morgan fingerprint density at radius 1 is 1.08 bits per heavy atom. The number of nitrogens with one attached hydrogen (secondary N) is 2. The first-order valence-electron chi connectivity index (χ1n) is 11.5. The molecule has 0 saturated carbocycles. The average Bonchev–Trinajstić information content (AvgIpc) is 3.22. The Balaban J connectivity index is 1.28. The van der Waals surface area contributed by atoms with Gasteiger partial charge in [-0.2, -0.15) is 0 Å². The van der Waals surface area contributed by atoms with E-state index in [1.54, 1.807) is 0 Å². The topological polar surface area (TPSA) is 117 Å². The lowest BCUT2D eigenvalue weighted by molar-refractivity contribution is 0.103. The molecule has 0 amide bonds. The highest BCUT2D eigenvalue weighted by Gasteiger charge is 2.29.